The van der Waals surface area contributed by atoms with Crippen LogP contribution in [0.1, 0.15) is 20.3 Å². The minimum absolute atomic E-state index is 0.00725. The van der Waals surface area contributed by atoms with Crippen molar-refractivity contribution in [2.24, 2.45) is 11.7 Å². The zero-order valence-electron chi connectivity index (χ0n) is 8.29. The molecule has 0 spiro atoms. The molecule has 4 heteroatoms. The molecular formula is C9H17N3O. The molecule has 4 nitrogen and oxygen atoms in total. The average molecular weight is 183 g/mol. The van der Waals surface area contributed by atoms with Gasteiger partial charge in [-0.25, -0.2) is 0 Å². The van der Waals surface area contributed by atoms with E-state index in [1.54, 1.807) is 0 Å². The van der Waals surface area contributed by atoms with Crippen LogP contribution in [-0.2, 0) is 4.79 Å². The van der Waals surface area contributed by atoms with Crippen molar-refractivity contribution in [3.05, 3.63) is 0 Å². The molecule has 0 heterocycles. The molecule has 0 rings (SSSR count). The maximum absolute atomic E-state index is 10.5. The molecule has 0 aromatic heterocycles. The largest absolute Gasteiger partial charge is 0.370 e. The van der Waals surface area contributed by atoms with Crippen LogP contribution in [0.4, 0.5) is 0 Å². The van der Waals surface area contributed by atoms with Crippen LogP contribution in [0, 0.1) is 17.2 Å². The van der Waals surface area contributed by atoms with E-state index < -0.39 is 0 Å². The van der Waals surface area contributed by atoms with Crippen molar-refractivity contribution in [1.29, 1.82) is 5.26 Å². The molecule has 0 radical (unpaired) electrons. The molecule has 0 aliphatic rings. The first-order valence-electron chi connectivity index (χ1n) is 4.50. The Morgan fingerprint density at radius 2 is 2.31 bits per heavy atom. The van der Waals surface area contributed by atoms with E-state index in [9.17, 15) is 4.79 Å². The van der Waals surface area contributed by atoms with Crippen molar-refractivity contribution >= 4 is 5.91 Å². The second kappa shape index (κ2) is 6.44. The summed E-state index contributed by atoms with van der Waals surface area (Å²) in [6, 6.07) is 2.16. The topological polar surface area (TPSA) is 70.1 Å². The highest BCUT2D eigenvalue weighted by Crippen LogP contribution is 1.98. The predicted octanol–water partition coefficient (Wildman–Crippen LogP) is 0.343. The number of nitrogens with two attached hydrogens (primary N) is 1. The van der Waals surface area contributed by atoms with Gasteiger partial charge in [0.2, 0.25) is 5.91 Å². The SMILES string of the molecule is CCN(CCC(N)=O)CC(C)C#N. The van der Waals surface area contributed by atoms with E-state index in [-0.39, 0.29) is 11.8 Å². The molecule has 0 saturated heterocycles. The van der Waals surface area contributed by atoms with E-state index in [4.69, 9.17) is 11.0 Å². The van der Waals surface area contributed by atoms with Crippen LogP contribution < -0.4 is 5.73 Å². The number of primary amides is 1. The number of rotatable bonds is 6. The second-order valence-electron chi connectivity index (χ2n) is 3.14. The zero-order chi connectivity index (χ0) is 10.3. The van der Waals surface area contributed by atoms with E-state index in [1.807, 2.05) is 13.8 Å². The fourth-order valence-electron chi connectivity index (χ4n) is 1.07. The fraction of sp³-hybridized carbons (Fsp3) is 0.778. The highest BCUT2D eigenvalue weighted by Gasteiger charge is 2.08. The molecule has 0 aliphatic heterocycles. The first-order valence-corrected chi connectivity index (χ1v) is 4.50. The molecule has 1 amide bonds. The Hall–Kier alpha value is -1.08. The second-order valence-corrected chi connectivity index (χ2v) is 3.14. The number of carbonyl (C=O) groups is 1. The fourth-order valence-corrected chi connectivity index (χ4v) is 1.07. The van der Waals surface area contributed by atoms with Gasteiger partial charge in [0.15, 0.2) is 0 Å². The van der Waals surface area contributed by atoms with Crippen molar-refractivity contribution in [2.45, 2.75) is 20.3 Å². The maximum atomic E-state index is 10.5. The summed E-state index contributed by atoms with van der Waals surface area (Å²) in [4.78, 5) is 12.6. The summed E-state index contributed by atoms with van der Waals surface area (Å²) in [5, 5.41) is 8.59. The number of hydrogen-bond donors (Lipinski definition) is 1. The number of amides is 1. The number of nitrogens with zero attached hydrogens (tertiary/aromatic N) is 2. The first-order chi connectivity index (χ1) is 6.10. The van der Waals surface area contributed by atoms with Crippen molar-refractivity contribution in [1.82, 2.24) is 4.90 Å². The molecular weight excluding hydrogens is 166 g/mol. The summed E-state index contributed by atoms with van der Waals surface area (Å²) in [5.74, 6) is -0.282. The summed E-state index contributed by atoms with van der Waals surface area (Å²) in [5.41, 5.74) is 5.03. The van der Waals surface area contributed by atoms with Crippen molar-refractivity contribution in [3.63, 3.8) is 0 Å². The third-order valence-corrected chi connectivity index (χ3v) is 1.87. The summed E-state index contributed by atoms with van der Waals surface area (Å²) in [6.45, 7) is 6.08. The van der Waals surface area contributed by atoms with Crippen LogP contribution in [0.3, 0.4) is 0 Å². The first kappa shape index (κ1) is 11.9. The van der Waals surface area contributed by atoms with Gasteiger partial charge in [-0.2, -0.15) is 5.26 Å². The van der Waals surface area contributed by atoms with Crippen LogP contribution in [0.25, 0.3) is 0 Å². The Bertz CT molecular complexity index is 198. The van der Waals surface area contributed by atoms with E-state index in [2.05, 4.69) is 11.0 Å². The Balaban J connectivity index is 3.77. The molecule has 0 fully saturated rings. The van der Waals surface area contributed by atoms with Crippen LogP contribution in [0.2, 0.25) is 0 Å². The van der Waals surface area contributed by atoms with Gasteiger partial charge in [0, 0.05) is 19.5 Å². The van der Waals surface area contributed by atoms with Gasteiger partial charge >= 0.3 is 0 Å². The molecule has 1 atom stereocenters. The standard InChI is InChI=1S/C9H17N3O/c1-3-12(5-4-9(11)13)7-8(2)6-10/h8H,3-5,7H2,1-2H3,(H2,11,13). The van der Waals surface area contributed by atoms with Crippen molar-refractivity contribution < 1.29 is 4.79 Å². The number of hydrogen-bond acceptors (Lipinski definition) is 3. The van der Waals surface area contributed by atoms with Gasteiger partial charge in [-0.1, -0.05) is 6.92 Å². The van der Waals surface area contributed by atoms with Gasteiger partial charge in [0.25, 0.3) is 0 Å². The zero-order valence-corrected chi connectivity index (χ0v) is 8.29. The van der Waals surface area contributed by atoms with Crippen LogP contribution in [0.5, 0.6) is 0 Å². The van der Waals surface area contributed by atoms with Crippen LogP contribution in [0.15, 0.2) is 0 Å². The minimum Gasteiger partial charge on any atom is -0.370 e. The van der Waals surface area contributed by atoms with E-state index in [0.29, 0.717) is 19.5 Å². The normalized spacial score (nSPS) is 12.5. The summed E-state index contributed by atoms with van der Waals surface area (Å²) in [7, 11) is 0. The summed E-state index contributed by atoms with van der Waals surface area (Å²) < 4.78 is 0. The molecule has 2 N–H and O–H groups in total. The van der Waals surface area contributed by atoms with Crippen molar-refractivity contribution in [3.8, 4) is 6.07 Å². The molecule has 74 valence electrons. The lowest BCUT2D eigenvalue weighted by Crippen LogP contribution is -2.31. The van der Waals surface area contributed by atoms with E-state index >= 15 is 0 Å². The molecule has 0 aromatic rings. The van der Waals surface area contributed by atoms with Crippen LogP contribution in [-0.4, -0.2) is 30.4 Å². The Kier molecular flexibility index (Phi) is 5.90. The van der Waals surface area contributed by atoms with E-state index in [0.717, 1.165) is 6.54 Å². The average Bonchev–Trinajstić information content (AvgIpc) is 2.11. The minimum atomic E-state index is -0.289. The Morgan fingerprint density at radius 3 is 2.69 bits per heavy atom. The predicted molar refractivity (Wildman–Crippen MR) is 50.7 cm³/mol. The molecule has 13 heavy (non-hydrogen) atoms. The monoisotopic (exact) mass is 183 g/mol. The quantitative estimate of drug-likeness (QED) is 0.645. The Labute approximate surface area is 79.3 Å². The lowest BCUT2D eigenvalue weighted by molar-refractivity contribution is -0.118. The smallest absolute Gasteiger partial charge is 0.218 e. The van der Waals surface area contributed by atoms with Gasteiger partial charge in [-0.05, 0) is 13.5 Å². The van der Waals surface area contributed by atoms with Gasteiger partial charge in [-0.15, -0.1) is 0 Å². The maximum Gasteiger partial charge on any atom is 0.218 e. The Morgan fingerprint density at radius 1 is 1.69 bits per heavy atom. The lowest BCUT2D eigenvalue weighted by Gasteiger charge is -2.20. The summed E-state index contributed by atoms with van der Waals surface area (Å²) in [6.07, 6.45) is 0.367. The van der Waals surface area contributed by atoms with Gasteiger partial charge in [0.1, 0.15) is 0 Å². The van der Waals surface area contributed by atoms with Crippen molar-refractivity contribution in [2.75, 3.05) is 19.6 Å². The third-order valence-electron chi connectivity index (χ3n) is 1.87. The van der Waals surface area contributed by atoms with Crippen LogP contribution >= 0.6 is 0 Å². The van der Waals surface area contributed by atoms with E-state index in [1.165, 1.54) is 0 Å². The molecule has 0 bridgehead atoms. The molecule has 0 saturated carbocycles. The van der Waals surface area contributed by atoms with Gasteiger partial charge in [-0.3, -0.25) is 4.79 Å². The molecule has 0 aliphatic carbocycles. The van der Waals surface area contributed by atoms with Gasteiger partial charge in [0.05, 0.1) is 12.0 Å². The number of carbonyl (C=O) groups excluding carboxylic acids is 1. The highest BCUT2D eigenvalue weighted by molar-refractivity contribution is 5.73. The van der Waals surface area contributed by atoms with Gasteiger partial charge < -0.3 is 10.6 Å². The molecule has 1 unspecified atom stereocenters. The third kappa shape index (κ3) is 6.12. The number of nitriles is 1. The molecule has 0 aromatic carbocycles. The highest BCUT2D eigenvalue weighted by atomic mass is 16.1. The lowest BCUT2D eigenvalue weighted by atomic mass is 10.2. The summed E-state index contributed by atoms with van der Waals surface area (Å²) >= 11 is 0.